The summed E-state index contributed by atoms with van der Waals surface area (Å²) in [4.78, 5) is 44.3. The van der Waals surface area contributed by atoms with E-state index >= 15 is 0 Å². The molecule has 1 fully saturated rings. The summed E-state index contributed by atoms with van der Waals surface area (Å²) >= 11 is 1.04. The van der Waals surface area contributed by atoms with Crippen molar-refractivity contribution in [1.29, 1.82) is 0 Å². The second kappa shape index (κ2) is 9.44. The van der Waals surface area contributed by atoms with Crippen molar-refractivity contribution in [3.8, 4) is 11.4 Å². The van der Waals surface area contributed by atoms with Crippen LogP contribution < -0.4 is 15.6 Å². The molecule has 0 radical (unpaired) electrons. The molecule has 10 heteroatoms. The minimum absolute atomic E-state index is 0.212. The number of hydrogen-bond donors (Lipinski definition) is 1. The van der Waals surface area contributed by atoms with Gasteiger partial charge in [-0.05, 0) is 55.1 Å². The van der Waals surface area contributed by atoms with Gasteiger partial charge in [0.2, 0.25) is 5.91 Å². The first-order chi connectivity index (χ1) is 16.3. The van der Waals surface area contributed by atoms with Crippen LogP contribution in [0.15, 0.2) is 75.4 Å². The second-order valence-corrected chi connectivity index (χ2v) is 8.51. The van der Waals surface area contributed by atoms with Crippen LogP contribution in [0.25, 0.3) is 5.69 Å². The van der Waals surface area contributed by atoms with Crippen molar-refractivity contribution >= 4 is 40.1 Å². The van der Waals surface area contributed by atoms with E-state index in [9.17, 15) is 14.4 Å². The summed E-state index contributed by atoms with van der Waals surface area (Å²) < 4.78 is 8.35. The molecule has 1 aromatic heterocycles. The summed E-state index contributed by atoms with van der Waals surface area (Å²) in [6, 6.07) is 16.1. The van der Waals surface area contributed by atoms with E-state index in [4.69, 9.17) is 4.74 Å². The van der Waals surface area contributed by atoms with Crippen LogP contribution >= 0.6 is 11.8 Å². The van der Waals surface area contributed by atoms with E-state index in [1.54, 1.807) is 57.1 Å². The van der Waals surface area contributed by atoms with Gasteiger partial charge in [0.05, 0.1) is 23.4 Å². The number of para-hydroxylation sites is 1. The van der Waals surface area contributed by atoms with Crippen LogP contribution in [-0.2, 0) is 16.6 Å². The van der Waals surface area contributed by atoms with Crippen molar-refractivity contribution in [2.45, 2.75) is 6.92 Å². The lowest BCUT2D eigenvalue weighted by molar-refractivity contribution is -0.121. The molecule has 0 atom stereocenters. The number of methoxy groups -OCH3 is 1. The molecule has 0 saturated carbocycles. The van der Waals surface area contributed by atoms with Crippen LogP contribution in [0.5, 0.6) is 5.75 Å². The third kappa shape index (κ3) is 4.40. The van der Waals surface area contributed by atoms with Crippen molar-refractivity contribution in [2.24, 2.45) is 12.0 Å². The summed E-state index contributed by atoms with van der Waals surface area (Å²) in [5, 5.41) is 3.03. The first-order valence-electron chi connectivity index (χ1n) is 10.4. The van der Waals surface area contributed by atoms with Gasteiger partial charge in [-0.15, -0.1) is 0 Å². The number of nitrogens with zero attached hydrogens (tertiary/aromatic N) is 4. The maximum absolute atomic E-state index is 13.1. The Kier molecular flexibility index (Phi) is 6.42. The van der Waals surface area contributed by atoms with E-state index in [1.807, 2.05) is 30.3 Å². The Morgan fingerprint density at radius 3 is 2.38 bits per heavy atom. The number of nitrogens with one attached hydrogen (secondary N) is 1. The molecular weight excluding hydrogens is 454 g/mol. The smallest absolute Gasteiger partial charge is 0.297 e. The molecule has 9 nitrogen and oxygen atoms in total. The molecule has 0 unspecified atom stereocenters. The fourth-order valence-corrected chi connectivity index (χ4v) is 4.35. The van der Waals surface area contributed by atoms with Crippen LogP contribution in [-0.4, -0.2) is 45.4 Å². The Bertz CT molecular complexity index is 1370. The van der Waals surface area contributed by atoms with E-state index in [0.717, 1.165) is 11.8 Å². The number of amidine groups is 1. The molecule has 2 amide bonds. The van der Waals surface area contributed by atoms with Gasteiger partial charge in [0.1, 0.15) is 5.75 Å². The van der Waals surface area contributed by atoms with E-state index < -0.39 is 5.91 Å². The molecule has 1 N–H and O–H groups in total. The third-order valence-corrected chi connectivity index (χ3v) is 6.41. The lowest BCUT2D eigenvalue weighted by atomic mass is 10.3. The van der Waals surface area contributed by atoms with Gasteiger partial charge >= 0.3 is 0 Å². The van der Waals surface area contributed by atoms with Crippen LogP contribution in [0.3, 0.4) is 0 Å². The number of hydrogen-bond acceptors (Lipinski definition) is 6. The number of ether oxygens (including phenoxy) is 1. The average Bonchev–Trinajstić information content (AvgIpc) is 3.22. The molecular formula is C24H23N5O4S. The van der Waals surface area contributed by atoms with Crippen molar-refractivity contribution < 1.29 is 14.3 Å². The molecule has 174 valence electrons. The number of anilines is 1. The monoisotopic (exact) mass is 477 g/mol. The van der Waals surface area contributed by atoms with Gasteiger partial charge in [0.25, 0.3) is 11.5 Å². The minimum atomic E-state index is -0.446. The first kappa shape index (κ1) is 23.1. The topological polar surface area (TPSA) is 97.9 Å². The molecule has 2 aromatic carbocycles. The lowest BCUT2D eigenvalue weighted by Crippen LogP contribution is -2.24. The lowest BCUT2D eigenvalue weighted by Gasteiger charge is -2.07. The standard InChI is InChI=1S/C24H23N5O4S/c1-15-21(23(32)29(28(15)3)17-8-6-5-7-9-17)26-24-27(2)22(31)19(34-24)14-20(30)25-16-10-12-18(33-4)13-11-16/h5-14H,1-4H3,(H,25,30)/b19-14+,26-24?. The molecule has 1 saturated heterocycles. The first-order valence-corrected chi connectivity index (χ1v) is 11.2. The highest BCUT2D eigenvalue weighted by atomic mass is 32.2. The average molecular weight is 478 g/mol. The van der Waals surface area contributed by atoms with E-state index in [-0.39, 0.29) is 22.1 Å². The largest absolute Gasteiger partial charge is 0.497 e. The molecule has 2 heterocycles. The zero-order valence-electron chi connectivity index (χ0n) is 19.1. The number of amides is 2. The summed E-state index contributed by atoms with van der Waals surface area (Å²) in [6.45, 7) is 1.79. The highest BCUT2D eigenvalue weighted by molar-refractivity contribution is 8.18. The SMILES string of the molecule is COc1ccc(NC(=O)/C=C2/SC(=Nc3c(C)n(C)n(-c4ccccc4)c3=O)N(C)C2=O)cc1. The van der Waals surface area contributed by atoms with Gasteiger partial charge in [-0.3, -0.25) is 24.0 Å². The van der Waals surface area contributed by atoms with Gasteiger partial charge in [0.15, 0.2) is 10.9 Å². The summed E-state index contributed by atoms with van der Waals surface area (Å²) in [7, 11) is 4.90. The molecule has 0 spiro atoms. The summed E-state index contributed by atoms with van der Waals surface area (Å²) in [5.74, 6) is -0.147. The third-order valence-electron chi connectivity index (χ3n) is 5.35. The Morgan fingerprint density at radius 1 is 1.06 bits per heavy atom. The van der Waals surface area contributed by atoms with Crippen molar-refractivity contribution in [3.63, 3.8) is 0 Å². The molecule has 3 aromatic rings. The highest BCUT2D eigenvalue weighted by Crippen LogP contribution is 2.32. The number of carbonyl (C=O) groups excluding carboxylic acids is 2. The van der Waals surface area contributed by atoms with Crippen LogP contribution in [0, 0.1) is 6.92 Å². The van der Waals surface area contributed by atoms with Crippen LogP contribution in [0.2, 0.25) is 0 Å². The minimum Gasteiger partial charge on any atom is -0.497 e. The van der Waals surface area contributed by atoms with Crippen LogP contribution in [0.4, 0.5) is 11.4 Å². The van der Waals surface area contributed by atoms with Gasteiger partial charge in [-0.1, -0.05) is 18.2 Å². The zero-order chi connectivity index (χ0) is 24.4. The molecule has 0 bridgehead atoms. The van der Waals surface area contributed by atoms with Crippen molar-refractivity contribution in [2.75, 3.05) is 19.5 Å². The molecule has 4 rings (SSSR count). The molecule has 1 aliphatic rings. The molecule has 1 aliphatic heterocycles. The number of rotatable bonds is 5. The Hall–Kier alpha value is -4.05. The van der Waals surface area contributed by atoms with Gasteiger partial charge in [-0.25, -0.2) is 9.67 Å². The summed E-state index contributed by atoms with van der Waals surface area (Å²) in [6.07, 6.45) is 1.23. The van der Waals surface area contributed by atoms with Crippen LogP contribution in [0.1, 0.15) is 5.69 Å². The normalized spacial score (nSPS) is 15.9. The maximum atomic E-state index is 13.1. The van der Waals surface area contributed by atoms with E-state index in [2.05, 4.69) is 10.3 Å². The number of thioether (sulfide) groups is 1. The second-order valence-electron chi connectivity index (χ2n) is 7.50. The van der Waals surface area contributed by atoms with Crippen molar-refractivity contribution in [1.82, 2.24) is 14.3 Å². The quantitative estimate of drug-likeness (QED) is 0.569. The maximum Gasteiger partial charge on any atom is 0.297 e. The molecule has 0 aliphatic carbocycles. The predicted octanol–water partition coefficient (Wildman–Crippen LogP) is 3.21. The fourth-order valence-electron chi connectivity index (χ4n) is 3.40. The van der Waals surface area contributed by atoms with Gasteiger partial charge in [-0.2, -0.15) is 0 Å². The number of benzene rings is 2. The highest BCUT2D eigenvalue weighted by Gasteiger charge is 2.32. The fraction of sp³-hybridized carbons (Fsp3) is 0.167. The van der Waals surface area contributed by atoms with Crippen molar-refractivity contribution in [3.05, 3.63) is 81.6 Å². The predicted molar refractivity (Wildman–Crippen MR) is 133 cm³/mol. The molecule has 34 heavy (non-hydrogen) atoms. The number of aromatic nitrogens is 2. The van der Waals surface area contributed by atoms with Gasteiger partial charge in [0, 0.05) is 25.9 Å². The Balaban J connectivity index is 1.60. The van der Waals surface area contributed by atoms with Gasteiger partial charge < -0.3 is 10.1 Å². The number of likely N-dealkylation sites (N-methyl/N-ethyl adjacent to an activating group) is 1. The summed E-state index contributed by atoms with van der Waals surface area (Å²) in [5.41, 5.74) is 1.87. The number of carbonyl (C=O) groups is 2. The van der Waals surface area contributed by atoms with E-state index in [1.165, 1.54) is 15.7 Å². The number of aliphatic imine (C=N–C) groups is 1. The Morgan fingerprint density at radius 2 is 1.74 bits per heavy atom. The Labute approximate surface area is 200 Å². The van der Waals surface area contributed by atoms with E-state index in [0.29, 0.717) is 28.0 Å². The zero-order valence-corrected chi connectivity index (χ0v) is 19.9.